The van der Waals surface area contributed by atoms with Gasteiger partial charge in [-0.05, 0) is 18.6 Å². The van der Waals surface area contributed by atoms with Gasteiger partial charge < -0.3 is 19.8 Å². The molecule has 0 spiro atoms. The van der Waals surface area contributed by atoms with Gasteiger partial charge in [0.15, 0.2) is 0 Å². The average Bonchev–Trinajstić information content (AvgIpc) is 3.15. The zero-order valence-electron chi connectivity index (χ0n) is 11.7. The van der Waals surface area contributed by atoms with Crippen molar-refractivity contribution in [3.8, 4) is 17.0 Å². The van der Waals surface area contributed by atoms with Crippen molar-refractivity contribution < 1.29 is 9.47 Å². The molecule has 0 bridgehead atoms. The largest absolute Gasteiger partial charge is 0.496 e. The van der Waals surface area contributed by atoms with Gasteiger partial charge in [0, 0.05) is 19.2 Å². The Kier molecular flexibility index (Phi) is 3.71. The number of aromatic amines is 1. The number of hydrogen-bond donors (Lipinski definition) is 2. The third-order valence-corrected chi connectivity index (χ3v) is 3.75. The number of hydrogen-bond acceptors (Lipinski definition) is 4. The van der Waals surface area contributed by atoms with Gasteiger partial charge in [0.2, 0.25) is 0 Å². The van der Waals surface area contributed by atoms with Gasteiger partial charge in [0.1, 0.15) is 11.6 Å². The average molecular weight is 273 g/mol. The summed E-state index contributed by atoms with van der Waals surface area (Å²) in [6.45, 7) is 0.867. The van der Waals surface area contributed by atoms with Crippen LogP contribution in [0.1, 0.15) is 18.3 Å². The molecule has 0 aliphatic carbocycles. The minimum atomic E-state index is 0.225. The van der Waals surface area contributed by atoms with Crippen molar-refractivity contribution in [1.29, 1.82) is 0 Å². The molecule has 5 nitrogen and oxygen atoms in total. The van der Waals surface area contributed by atoms with Gasteiger partial charge in [-0.25, -0.2) is 4.98 Å². The smallest absolute Gasteiger partial charge is 0.128 e. The Morgan fingerprint density at radius 1 is 1.25 bits per heavy atom. The maximum absolute atomic E-state index is 5.39. The van der Waals surface area contributed by atoms with Gasteiger partial charge in [-0.15, -0.1) is 0 Å². The molecule has 1 aromatic heterocycles. The van der Waals surface area contributed by atoms with Crippen LogP contribution in [0.4, 0.5) is 0 Å². The van der Waals surface area contributed by atoms with Crippen molar-refractivity contribution in [3.05, 3.63) is 36.3 Å². The lowest BCUT2D eigenvalue weighted by Crippen LogP contribution is -2.16. The second-order valence-corrected chi connectivity index (χ2v) is 4.94. The number of rotatable bonds is 4. The van der Waals surface area contributed by atoms with Crippen LogP contribution in [0.5, 0.6) is 5.75 Å². The predicted octanol–water partition coefficient (Wildman–Crippen LogP) is 2.13. The summed E-state index contributed by atoms with van der Waals surface area (Å²) in [6.07, 6.45) is 3.06. The quantitative estimate of drug-likeness (QED) is 0.896. The van der Waals surface area contributed by atoms with E-state index in [1.807, 2.05) is 30.5 Å². The Balaban J connectivity index is 1.83. The minimum absolute atomic E-state index is 0.225. The summed E-state index contributed by atoms with van der Waals surface area (Å²) in [7, 11) is 3.43. The monoisotopic (exact) mass is 273 g/mol. The molecule has 2 unspecified atom stereocenters. The van der Waals surface area contributed by atoms with Crippen LogP contribution in [0.15, 0.2) is 30.5 Å². The Hall–Kier alpha value is -1.85. The van der Waals surface area contributed by atoms with Crippen LogP contribution in [0.3, 0.4) is 0 Å². The fraction of sp³-hybridized carbons (Fsp3) is 0.400. The predicted molar refractivity (Wildman–Crippen MR) is 76.7 cm³/mol. The molecule has 0 radical (unpaired) electrons. The summed E-state index contributed by atoms with van der Waals surface area (Å²) in [5, 5.41) is 3.42. The number of imidazole rings is 1. The highest BCUT2D eigenvalue weighted by atomic mass is 16.5. The second-order valence-electron chi connectivity index (χ2n) is 4.94. The summed E-state index contributed by atoms with van der Waals surface area (Å²) in [6, 6.07) is 8.15. The Morgan fingerprint density at radius 3 is 2.85 bits per heavy atom. The third kappa shape index (κ3) is 2.42. The zero-order valence-corrected chi connectivity index (χ0v) is 11.7. The lowest BCUT2D eigenvalue weighted by atomic mass is 10.1. The highest BCUT2D eigenvalue weighted by Gasteiger charge is 2.27. The molecular weight excluding hydrogens is 254 g/mol. The number of methoxy groups -OCH3 is 2. The summed E-state index contributed by atoms with van der Waals surface area (Å²) in [5.41, 5.74) is 2.00. The molecular formula is C15H19N3O2. The summed E-state index contributed by atoms with van der Waals surface area (Å²) in [4.78, 5) is 7.87. The van der Waals surface area contributed by atoms with Crippen LogP contribution in [0.25, 0.3) is 11.3 Å². The van der Waals surface area contributed by atoms with E-state index in [0.29, 0.717) is 0 Å². The van der Waals surface area contributed by atoms with Crippen molar-refractivity contribution in [2.45, 2.75) is 18.6 Å². The lowest BCUT2D eigenvalue weighted by molar-refractivity contribution is 0.117. The molecule has 2 atom stereocenters. The van der Waals surface area contributed by atoms with Crippen molar-refractivity contribution in [2.75, 3.05) is 20.8 Å². The Bertz CT molecular complexity index is 582. The molecule has 0 amide bonds. The van der Waals surface area contributed by atoms with E-state index in [4.69, 9.17) is 9.47 Å². The van der Waals surface area contributed by atoms with Crippen LogP contribution in [0.2, 0.25) is 0 Å². The molecule has 106 valence electrons. The fourth-order valence-electron chi connectivity index (χ4n) is 2.61. The van der Waals surface area contributed by atoms with E-state index in [1.165, 1.54) is 0 Å². The first-order chi connectivity index (χ1) is 9.81. The molecule has 1 fully saturated rings. The topological polar surface area (TPSA) is 59.2 Å². The van der Waals surface area contributed by atoms with Gasteiger partial charge in [0.05, 0.1) is 31.1 Å². The van der Waals surface area contributed by atoms with Gasteiger partial charge in [-0.1, -0.05) is 12.1 Å². The second kappa shape index (κ2) is 5.64. The molecule has 20 heavy (non-hydrogen) atoms. The summed E-state index contributed by atoms with van der Waals surface area (Å²) in [5.74, 6) is 1.79. The zero-order chi connectivity index (χ0) is 13.9. The first-order valence-electron chi connectivity index (χ1n) is 6.76. The van der Waals surface area contributed by atoms with Crippen LogP contribution in [-0.4, -0.2) is 36.8 Å². The van der Waals surface area contributed by atoms with E-state index in [-0.39, 0.29) is 12.1 Å². The third-order valence-electron chi connectivity index (χ3n) is 3.75. The van der Waals surface area contributed by atoms with E-state index in [2.05, 4.69) is 15.3 Å². The van der Waals surface area contributed by atoms with Gasteiger partial charge in [0.25, 0.3) is 0 Å². The number of nitrogens with one attached hydrogen (secondary N) is 2. The minimum Gasteiger partial charge on any atom is -0.496 e. The van der Waals surface area contributed by atoms with E-state index < -0.39 is 0 Å². The molecule has 1 saturated heterocycles. The SMILES string of the molecule is COc1ccccc1-c1cnc(C2CC(OC)CN2)[nH]1. The van der Waals surface area contributed by atoms with E-state index in [1.54, 1.807) is 14.2 Å². The number of ether oxygens (including phenoxy) is 2. The van der Waals surface area contributed by atoms with Crippen LogP contribution >= 0.6 is 0 Å². The molecule has 0 saturated carbocycles. The normalized spacial score (nSPS) is 22.1. The molecule has 2 N–H and O–H groups in total. The van der Waals surface area contributed by atoms with Gasteiger partial charge in [-0.2, -0.15) is 0 Å². The Morgan fingerprint density at radius 2 is 2.10 bits per heavy atom. The number of para-hydroxylation sites is 1. The van der Waals surface area contributed by atoms with Crippen molar-refractivity contribution >= 4 is 0 Å². The number of benzene rings is 1. The molecule has 3 rings (SSSR count). The van der Waals surface area contributed by atoms with Gasteiger partial charge >= 0.3 is 0 Å². The first kappa shape index (κ1) is 13.1. The summed E-state index contributed by atoms with van der Waals surface area (Å²) >= 11 is 0. The highest BCUT2D eigenvalue weighted by Crippen LogP contribution is 2.30. The number of aromatic nitrogens is 2. The maximum Gasteiger partial charge on any atom is 0.128 e. The molecule has 5 heteroatoms. The molecule has 1 aliphatic heterocycles. The van der Waals surface area contributed by atoms with Crippen molar-refractivity contribution in [2.24, 2.45) is 0 Å². The van der Waals surface area contributed by atoms with Crippen LogP contribution in [0, 0.1) is 0 Å². The number of H-pyrrole nitrogens is 1. The van der Waals surface area contributed by atoms with E-state index >= 15 is 0 Å². The fourth-order valence-corrected chi connectivity index (χ4v) is 2.61. The number of nitrogens with zero attached hydrogens (tertiary/aromatic N) is 1. The van der Waals surface area contributed by atoms with E-state index in [9.17, 15) is 0 Å². The molecule has 1 aromatic carbocycles. The lowest BCUT2D eigenvalue weighted by Gasteiger charge is -2.08. The van der Waals surface area contributed by atoms with Crippen molar-refractivity contribution in [1.82, 2.24) is 15.3 Å². The highest BCUT2D eigenvalue weighted by molar-refractivity contribution is 5.66. The Labute approximate surface area is 118 Å². The van der Waals surface area contributed by atoms with Crippen LogP contribution in [-0.2, 0) is 4.74 Å². The van der Waals surface area contributed by atoms with Crippen LogP contribution < -0.4 is 10.1 Å². The van der Waals surface area contributed by atoms with Gasteiger partial charge in [-0.3, -0.25) is 0 Å². The molecule has 2 aromatic rings. The van der Waals surface area contributed by atoms with E-state index in [0.717, 1.165) is 35.8 Å². The maximum atomic E-state index is 5.39. The standard InChI is InChI=1S/C15H19N3O2/c1-19-10-7-12(16-8-10)15-17-9-13(18-15)11-5-3-4-6-14(11)20-2/h3-6,9-10,12,16H,7-8H2,1-2H3,(H,17,18). The molecule has 2 heterocycles. The van der Waals surface area contributed by atoms with Crippen molar-refractivity contribution in [3.63, 3.8) is 0 Å². The first-order valence-corrected chi connectivity index (χ1v) is 6.76. The summed E-state index contributed by atoms with van der Waals surface area (Å²) < 4.78 is 10.8. The molecule has 1 aliphatic rings.